The smallest absolute Gasteiger partial charge is 0.0881 e. The number of aromatic nitrogens is 2. The standard InChI is InChI=1S/C12H17N3/c1-12(2,13)7-9-6-11-10(14-8-9)4-5-15(11)3/h4-6,8H,7,13H2,1-3H3. The van der Waals surface area contributed by atoms with Crippen molar-refractivity contribution < 1.29 is 0 Å². The highest BCUT2D eigenvalue weighted by atomic mass is 14.9. The van der Waals surface area contributed by atoms with Gasteiger partial charge in [0.1, 0.15) is 0 Å². The number of hydrogen-bond donors (Lipinski definition) is 1. The molecule has 0 aliphatic carbocycles. The van der Waals surface area contributed by atoms with Gasteiger partial charge in [0.05, 0.1) is 11.0 Å². The molecule has 0 saturated carbocycles. The minimum atomic E-state index is -0.180. The van der Waals surface area contributed by atoms with E-state index in [1.54, 1.807) is 0 Å². The summed E-state index contributed by atoms with van der Waals surface area (Å²) in [6.45, 7) is 4.06. The number of pyridine rings is 1. The summed E-state index contributed by atoms with van der Waals surface area (Å²) in [7, 11) is 2.03. The van der Waals surface area contributed by atoms with Gasteiger partial charge in [-0.2, -0.15) is 0 Å². The molecule has 0 aromatic carbocycles. The molecule has 0 spiro atoms. The first kappa shape index (κ1) is 10.2. The zero-order valence-electron chi connectivity index (χ0n) is 9.49. The van der Waals surface area contributed by atoms with E-state index in [1.807, 2.05) is 39.4 Å². The van der Waals surface area contributed by atoms with Gasteiger partial charge in [0.25, 0.3) is 0 Å². The molecule has 0 radical (unpaired) electrons. The Labute approximate surface area is 89.9 Å². The van der Waals surface area contributed by atoms with Crippen molar-refractivity contribution in [1.82, 2.24) is 9.55 Å². The molecule has 0 bridgehead atoms. The van der Waals surface area contributed by atoms with Gasteiger partial charge in [0.15, 0.2) is 0 Å². The molecule has 80 valence electrons. The number of nitrogens with zero attached hydrogens (tertiary/aromatic N) is 2. The normalized spacial score (nSPS) is 12.3. The van der Waals surface area contributed by atoms with Crippen LogP contribution in [0.5, 0.6) is 0 Å². The van der Waals surface area contributed by atoms with Crippen LogP contribution in [0.25, 0.3) is 11.0 Å². The highest BCUT2D eigenvalue weighted by molar-refractivity contribution is 5.76. The third-order valence-corrected chi connectivity index (χ3v) is 2.45. The largest absolute Gasteiger partial charge is 0.349 e. The highest BCUT2D eigenvalue weighted by Gasteiger charge is 2.12. The van der Waals surface area contributed by atoms with Crippen LogP contribution in [-0.4, -0.2) is 15.1 Å². The zero-order chi connectivity index (χ0) is 11.1. The molecular weight excluding hydrogens is 186 g/mol. The molecule has 3 nitrogen and oxygen atoms in total. The van der Waals surface area contributed by atoms with Crippen molar-refractivity contribution in [2.45, 2.75) is 25.8 Å². The van der Waals surface area contributed by atoms with Crippen molar-refractivity contribution in [3.8, 4) is 0 Å². The van der Waals surface area contributed by atoms with Crippen LogP contribution in [0.15, 0.2) is 24.5 Å². The van der Waals surface area contributed by atoms with Gasteiger partial charge in [0.2, 0.25) is 0 Å². The minimum Gasteiger partial charge on any atom is -0.349 e. The molecular formula is C12H17N3. The van der Waals surface area contributed by atoms with Crippen molar-refractivity contribution in [3.05, 3.63) is 30.1 Å². The van der Waals surface area contributed by atoms with Crippen LogP contribution < -0.4 is 5.73 Å². The fourth-order valence-corrected chi connectivity index (χ4v) is 1.80. The third kappa shape index (κ3) is 2.18. The molecule has 2 rings (SSSR count). The topological polar surface area (TPSA) is 43.8 Å². The summed E-state index contributed by atoms with van der Waals surface area (Å²) in [5.74, 6) is 0. The molecule has 0 fully saturated rings. The summed E-state index contributed by atoms with van der Waals surface area (Å²) in [5, 5.41) is 0. The van der Waals surface area contributed by atoms with Crippen LogP contribution in [0.4, 0.5) is 0 Å². The molecule has 2 N–H and O–H groups in total. The van der Waals surface area contributed by atoms with E-state index in [0.717, 1.165) is 17.5 Å². The predicted molar refractivity (Wildman–Crippen MR) is 62.7 cm³/mol. The summed E-state index contributed by atoms with van der Waals surface area (Å²) < 4.78 is 2.08. The fourth-order valence-electron chi connectivity index (χ4n) is 1.80. The van der Waals surface area contributed by atoms with E-state index in [0.29, 0.717) is 0 Å². The van der Waals surface area contributed by atoms with E-state index in [2.05, 4.69) is 15.6 Å². The van der Waals surface area contributed by atoms with Crippen LogP contribution >= 0.6 is 0 Å². The molecule has 2 aromatic heterocycles. The number of nitrogens with two attached hydrogens (primary N) is 1. The fraction of sp³-hybridized carbons (Fsp3) is 0.417. The minimum absolute atomic E-state index is 0.180. The maximum Gasteiger partial charge on any atom is 0.0881 e. The van der Waals surface area contributed by atoms with E-state index in [9.17, 15) is 0 Å². The summed E-state index contributed by atoms with van der Waals surface area (Å²) in [6.07, 6.45) is 4.78. The lowest BCUT2D eigenvalue weighted by atomic mass is 9.97. The Morgan fingerprint density at radius 1 is 1.47 bits per heavy atom. The van der Waals surface area contributed by atoms with Crippen LogP contribution in [0.3, 0.4) is 0 Å². The quantitative estimate of drug-likeness (QED) is 0.809. The van der Waals surface area contributed by atoms with Gasteiger partial charge in [-0.3, -0.25) is 4.98 Å². The Balaban J connectivity index is 2.42. The van der Waals surface area contributed by atoms with Crippen molar-refractivity contribution in [1.29, 1.82) is 0 Å². The first-order chi connectivity index (χ1) is 6.96. The molecule has 2 heterocycles. The van der Waals surface area contributed by atoms with Crippen molar-refractivity contribution in [3.63, 3.8) is 0 Å². The average molecular weight is 203 g/mol. The van der Waals surface area contributed by atoms with Crippen LogP contribution in [0, 0.1) is 0 Å². The lowest BCUT2D eigenvalue weighted by Gasteiger charge is -2.18. The Bertz CT molecular complexity index is 477. The van der Waals surface area contributed by atoms with Crippen molar-refractivity contribution >= 4 is 11.0 Å². The number of hydrogen-bond acceptors (Lipinski definition) is 2. The maximum atomic E-state index is 5.99. The molecule has 15 heavy (non-hydrogen) atoms. The van der Waals surface area contributed by atoms with Crippen LogP contribution in [-0.2, 0) is 13.5 Å². The van der Waals surface area contributed by atoms with Gasteiger partial charge in [-0.15, -0.1) is 0 Å². The number of rotatable bonds is 2. The number of aryl methyl sites for hydroxylation is 1. The second-order valence-electron chi connectivity index (χ2n) is 4.84. The predicted octanol–water partition coefficient (Wildman–Crippen LogP) is 1.85. The summed E-state index contributed by atoms with van der Waals surface area (Å²) >= 11 is 0. The molecule has 0 saturated heterocycles. The zero-order valence-corrected chi connectivity index (χ0v) is 9.49. The van der Waals surface area contributed by atoms with Gasteiger partial charge in [0, 0.05) is 25.0 Å². The second-order valence-corrected chi connectivity index (χ2v) is 4.84. The van der Waals surface area contributed by atoms with Gasteiger partial charge >= 0.3 is 0 Å². The Morgan fingerprint density at radius 2 is 2.20 bits per heavy atom. The van der Waals surface area contributed by atoms with Crippen LogP contribution in [0.1, 0.15) is 19.4 Å². The molecule has 2 aromatic rings. The van der Waals surface area contributed by atoms with E-state index >= 15 is 0 Å². The molecule has 0 aliphatic rings. The molecule has 3 heteroatoms. The SMILES string of the molecule is Cn1ccc2ncc(CC(C)(C)N)cc21. The van der Waals surface area contributed by atoms with E-state index in [-0.39, 0.29) is 5.54 Å². The molecule has 0 atom stereocenters. The van der Waals surface area contributed by atoms with E-state index in [4.69, 9.17) is 5.73 Å². The Kier molecular flexibility index (Phi) is 2.27. The van der Waals surface area contributed by atoms with Gasteiger partial charge < -0.3 is 10.3 Å². The summed E-state index contributed by atoms with van der Waals surface area (Å²) in [6, 6.07) is 4.18. The first-order valence-electron chi connectivity index (χ1n) is 5.14. The second kappa shape index (κ2) is 3.35. The van der Waals surface area contributed by atoms with Crippen molar-refractivity contribution in [2.75, 3.05) is 0 Å². The van der Waals surface area contributed by atoms with Gasteiger partial charge in [-0.05, 0) is 38.0 Å². The van der Waals surface area contributed by atoms with Gasteiger partial charge in [-0.25, -0.2) is 0 Å². The first-order valence-corrected chi connectivity index (χ1v) is 5.14. The molecule has 0 unspecified atom stereocenters. The summed E-state index contributed by atoms with van der Waals surface area (Å²) in [5.41, 5.74) is 9.20. The monoisotopic (exact) mass is 203 g/mol. The number of fused-ring (bicyclic) bond motifs is 1. The van der Waals surface area contributed by atoms with Crippen molar-refractivity contribution in [2.24, 2.45) is 12.8 Å². The van der Waals surface area contributed by atoms with Crippen LogP contribution in [0.2, 0.25) is 0 Å². The van der Waals surface area contributed by atoms with Gasteiger partial charge in [-0.1, -0.05) is 0 Å². The highest BCUT2D eigenvalue weighted by Crippen LogP contribution is 2.16. The van der Waals surface area contributed by atoms with E-state index < -0.39 is 0 Å². The molecule has 0 amide bonds. The Hall–Kier alpha value is -1.35. The average Bonchev–Trinajstić information content (AvgIpc) is 2.45. The Morgan fingerprint density at radius 3 is 2.87 bits per heavy atom. The molecule has 0 aliphatic heterocycles. The lowest BCUT2D eigenvalue weighted by Crippen LogP contribution is -2.34. The summed E-state index contributed by atoms with van der Waals surface area (Å²) in [4.78, 5) is 4.41. The van der Waals surface area contributed by atoms with E-state index in [1.165, 1.54) is 5.56 Å². The third-order valence-electron chi connectivity index (χ3n) is 2.45. The lowest BCUT2D eigenvalue weighted by molar-refractivity contribution is 0.516. The maximum absolute atomic E-state index is 5.99.